The first-order chi connectivity index (χ1) is 32.7. The Labute approximate surface area is 391 Å². The molecule has 14 heteroatoms. The van der Waals surface area contributed by atoms with E-state index in [0.29, 0.717) is 68.4 Å². The highest BCUT2D eigenvalue weighted by Gasteiger charge is 2.40. The van der Waals surface area contributed by atoms with E-state index in [0.717, 1.165) is 36.8 Å². The van der Waals surface area contributed by atoms with Gasteiger partial charge in [-0.2, -0.15) is 0 Å². The largest absolute Gasteiger partial charge is 0.462 e. The van der Waals surface area contributed by atoms with Crippen LogP contribution in [0.2, 0.25) is 0 Å². The maximum Gasteiger partial charge on any atom is 0.410 e. The Morgan fingerprint density at radius 1 is 0.522 bits per heavy atom. The van der Waals surface area contributed by atoms with E-state index in [9.17, 15) is 19.2 Å². The Kier molecular flexibility index (Phi) is 16.5. The van der Waals surface area contributed by atoms with E-state index in [4.69, 9.17) is 19.9 Å². The number of nitrogens with two attached hydrogens (primary N) is 1. The molecule has 4 heterocycles. The van der Waals surface area contributed by atoms with Gasteiger partial charge in [-0.1, -0.05) is 121 Å². The molecule has 6 aromatic rings. The summed E-state index contributed by atoms with van der Waals surface area (Å²) < 4.78 is 16.1. The molecule has 0 aliphatic carbocycles. The van der Waals surface area contributed by atoms with Crippen LogP contribution >= 0.6 is 0 Å². The Morgan fingerprint density at radius 2 is 0.881 bits per heavy atom. The lowest BCUT2D eigenvalue weighted by Crippen LogP contribution is -2.46. The molecule has 2 aliphatic rings. The quantitative estimate of drug-likeness (QED) is 0.0632. The number of hydrogen-bond acceptors (Lipinski definition) is 12. The molecule has 0 radical (unpaired) electrons. The molecular weight excluding hydrogens is 847 g/mol. The fourth-order valence-corrected chi connectivity index (χ4v) is 8.65. The Hall–Kier alpha value is -7.32. The van der Waals surface area contributed by atoms with Crippen LogP contribution < -0.4 is 5.73 Å². The fourth-order valence-electron chi connectivity index (χ4n) is 8.65. The highest BCUT2D eigenvalue weighted by Crippen LogP contribution is 2.40. The van der Waals surface area contributed by atoms with E-state index in [2.05, 4.69) is 44.2 Å². The first-order valence-electron chi connectivity index (χ1n) is 22.7. The van der Waals surface area contributed by atoms with Crippen molar-refractivity contribution in [3.8, 4) is 0 Å². The van der Waals surface area contributed by atoms with Crippen molar-refractivity contribution >= 4 is 23.9 Å². The van der Waals surface area contributed by atoms with E-state index in [1.165, 1.54) is 23.5 Å². The second kappa shape index (κ2) is 23.2. The molecule has 4 aromatic carbocycles. The number of ketones is 1. The van der Waals surface area contributed by atoms with Crippen molar-refractivity contribution < 1.29 is 33.4 Å². The molecule has 0 atom stereocenters. The second-order valence-electron chi connectivity index (χ2n) is 16.8. The summed E-state index contributed by atoms with van der Waals surface area (Å²) in [5.74, 6) is 0.736. The van der Waals surface area contributed by atoms with E-state index >= 15 is 0 Å². The topological polar surface area (TPSA) is 180 Å². The number of ether oxygens (including phenoxy) is 3. The molecule has 14 nitrogen and oxygen atoms in total. The number of benzene rings is 4. The lowest BCUT2D eigenvalue weighted by atomic mass is 9.70. The minimum absolute atomic E-state index is 0.0626. The smallest absolute Gasteiger partial charge is 0.410 e. The van der Waals surface area contributed by atoms with E-state index in [1.807, 2.05) is 97.1 Å². The van der Waals surface area contributed by atoms with Crippen LogP contribution in [0.3, 0.4) is 0 Å². The zero-order valence-corrected chi connectivity index (χ0v) is 37.9. The maximum atomic E-state index is 12.7. The number of amides is 2. The molecule has 346 valence electrons. The van der Waals surface area contributed by atoms with Gasteiger partial charge in [0.2, 0.25) is 0 Å². The van der Waals surface area contributed by atoms with Crippen LogP contribution in [0.25, 0.3) is 0 Å². The molecule has 67 heavy (non-hydrogen) atoms. The molecule has 2 fully saturated rings. The SMILES string of the molecule is CCOC(=O)c1cnc(CC2(c3ccccc3)CCN(C(=O)OCc3ccccc3)CC2)nc1.NCC(=O)c1cnc(CC2(c3ccccc3)CCN(C(=O)OCc3ccccc3)CC2)nc1. The summed E-state index contributed by atoms with van der Waals surface area (Å²) in [6.07, 6.45) is 9.87. The molecule has 2 saturated heterocycles. The first-order valence-corrected chi connectivity index (χ1v) is 22.7. The van der Waals surface area contributed by atoms with Gasteiger partial charge in [-0.05, 0) is 54.9 Å². The molecule has 8 rings (SSSR count). The number of rotatable bonds is 14. The summed E-state index contributed by atoms with van der Waals surface area (Å²) in [5, 5.41) is 0. The molecule has 2 aromatic heterocycles. The van der Waals surface area contributed by atoms with Gasteiger partial charge in [-0.25, -0.2) is 34.3 Å². The van der Waals surface area contributed by atoms with Gasteiger partial charge < -0.3 is 29.7 Å². The van der Waals surface area contributed by atoms with Crippen LogP contribution in [-0.2, 0) is 51.1 Å². The van der Waals surface area contributed by atoms with Gasteiger partial charge in [0.15, 0.2) is 5.78 Å². The molecular formula is C53H57N7O7. The van der Waals surface area contributed by atoms with E-state index in [-0.39, 0.29) is 48.6 Å². The van der Waals surface area contributed by atoms with Gasteiger partial charge in [0.1, 0.15) is 24.9 Å². The molecule has 2 aliphatic heterocycles. The molecule has 0 saturated carbocycles. The average Bonchev–Trinajstić information content (AvgIpc) is 3.39. The van der Waals surface area contributed by atoms with Gasteiger partial charge in [0.25, 0.3) is 0 Å². The highest BCUT2D eigenvalue weighted by molar-refractivity contribution is 5.96. The van der Waals surface area contributed by atoms with Crippen LogP contribution in [0.15, 0.2) is 146 Å². The van der Waals surface area contributed by atoms with Crippen molar-refractivity contribution in [2.24, 2.45) is 5.73 Å². The summed E-state index contributed by atoms with van der Waals surface area (Å²) in [6.45, 7) is 4.89. The highest BCUT2D eigenvalue weighted by atomic mass is 16.6. The number of piperidine rings is 2. The number of likely N-dealkylation sites (tertiary alicyclic amines) is 2. The number of esters is 1. The van der Waals surface area contributed by atoms with E-state index in [1.54, 1.807) is 29.1 Å². The summed E-state index contributed by atoms with van der Waals surface area (Å²) in [4.78, 5) is 70.3. The molecule has 0 spiro atoms. The average molecular weight is 904 g/mol. The van der Waals surface area contributed by atoms with Gasteiger partial charge in [-0.3, -0.25) is 4.79 Å². The monoisotopic (exact) mass is 903 g/mol. The fraction of sp³-hybridized carbons (Fsp3) is 0.321. The summed E-state index contributed by atoms with van der Waals surface area (Å²) in [7, 11) is 0. The molecule has 2 amide bonds. The van der Waals surface area contributed by atoms with Gasteiger partial charge in [0, 0.05) is 74.6 Å². The van der Waals surface area contributed by atoms with Crippen molar-refractivity contribution in [2.75, 3.05) is 39.3 Å². The summed E-state index contributed by atoms with van der Waals surface area (Å²) in [5.41, 5.74) is 10.1. The lowest BCUT2D eigenvalue weighted by Gasteiger charge is -2.41. The van der Waals surface area contributed by atoms with Crippen LogP contribution in [0.1, 0.15) is 87.2 Å². The predicted octanol–water partition coefficient (Wildman–Crippen LogP) is 8.10. The standard InChI is InChI=1S/C27H29N3O4.C26H28N4O3/c1-2-33-25(31)22-18-28-24(29-19-22)17-27(23-11-7-4-8-12-23)13-15-30(16-14-27)26(32)34-20-21-9-5-3-6-10-21;27-16-23(31)21-17-28-24(29-18-21)15-26(22-9-5-2-6-10-22)11-13-30(14-12-26)25(32)33-19-20-7-3-1-4-8-20/h3-12,18-19H,2,13-17,20H2,1H3;1-10,17-18H,11-16,19,27H2. The summed E-state index contributed by atoms with van der Waals surface area (Å²) in [6, 6.07) is 40.0. The molecule has 2 N–H and O–H groups in total. The van der Waals surface area contributed by atoms with Gasteiger partial charge in [-0.15, -0.1) is 0 Å². The van der Waals surface area contributed by atoms with Gasteiger partial charge in [0.05, 0.1) is 24.3 Å². The Balaban J connectivity index is 0.000000199. The zero-order chi connectivity index (χ0) is 46.9. The van der Waals surface area contributed by atoms with Crippen molar-refractivity contribution in [2.45, 2.75) is 69.5 Å². The number of carbonyl (C=O) groups is 4. The van der Waals surface area contributed by atoms with Crippen molar-refractivity contribution in [3.05, 3.63) is 191 Å². The van der Waals surface area contributed by atoms with Crippen LogP contribution in [0.5, 0.6) is 0 Å². The minimum Gasteiger partial charge on any atom is -0.462 e. The molecule has 0 bridgehead atoms. The van der Waals surface area contributed by atoms with E-state index < -0.39 is 5.97 Å². The van der Waals surface area contributed by atoms with Crippen LogP contribution in [0, 0.1) is 0 Å². The Morgan fingerprint density at radius 3 is 1.24 bits per heavy atom. The number of hydrogen-bond donors (Lipinski definition) is 1. The maximum absolute atomic E-state index is 12.7. The third-order valence-corrected chi connectivity index (χ3v) is 12.6. The van der Waals surface area contributed by atoms with Crippen molar-refractivity contribution in [3.63, 3.8) is 0 Å². The summed E-state index contributed by atoms with van der Waals surface area (Å²) >= 11 is 0. The predicted molar refractivity (Wildman–Crippen MR) is 252 cm³/mol. The van der Waals surface area contributed by atoms with Gasteiger partial charge >= 0.3 is 18.2 Å². The Bertz CT molecular complexity index is 2500. The second-order valence-corrected chi connectivity index (χ2v) is 16.8. The first kappa shape index (κ1) is 47.6. The van der Waals surface area contributed by atoms with Crippen LogP contribution in [0.4, 0.5) is 9.59 Å². The number of Topliss-reactive ketones (excluding diaryl/α,β-unsaturated/α-hetero) is 1. The van der Waals surface area contributed by atoms with Crippen molar-refractivity contribution in [1.82, 2.24) is 29.7 Å². The zero-order valence-electron chi connectivity index (χ0n) is 37.9. The lowest BCUT2D eigenvalue weighted by molar-refractivity contribution is 0.0524. The number of aromatic nitrogens is 4. The minimum atomic E-state index is -0.422. The number of carbonyl (C=O) groups excluding carboxylic acids is 4. The normalized spacial score (nSPS) is 15.0. The number of nitrogens with zero attached hydrogens (tertiary/aromatic N) is 6. The van der Waals surface area contributed by atoms with Crippen LogP contribution in [-0.4, -0.2) is 93.0 Å². The molecule has 0 unspecified atom stereocenters. The third kappa shape index (κ3) is 12.7. The van der Waals surface area contributed by atoms with Crippen molar-refractivity contribution in [1.29, 1.82) is 0 Å². The third-order valence-electron chi connectivity index (χ3n) is 12.6.